The van der Waals surface area contributed by atoms with Gasteiger partial charge in [-0.25, -0.2) is 9.37 Å². The molecular formula is C18H19FN2O4. The van der Waals surface area contributed by atoms with E-state index >= 15 is 0 Å². The van der Waals surface area contributed by atoms with Gasteiger partial charge in [0.15, 0.2) is 0 Å². The number of carbonyl (C=O) groups excluding carboxylic acids is 2. The van der Waals surface area contributed by atoms with Crippen molar-refractivity contribution < 1.29 is 23.1 Å². The molecule has 2 heterocycles. The van der Waals surface area contributed by atoms with Gasteiger partial charge in [-0.05, 0) is 37.1 Å². The number of ether oxygens (including phenoxy) is 1. The standard InChI is InChI=1S/C18H19FN2O4/c19-14-7-5-13(6-8-14)18-20-15(12-25-18)11-24-17(23)10-21-9-3-1-2-4-16(21)22/h5-8,12H,1-4,9-11H2. The number of aromatic nitrogens is 1. The fourth-order valence-electron chi connectivity index (χ4n) is 2.66. The van der Waals surface area contributed by atoms with Crippen molar-refractivity contribution in [3.05, 3.63) is 42.0 Å². The van der Waals surface area contributed by atoms with Crippen LogP contribution in [0.25, 0.3) is 11.5 Å². The molecule has 1 fully saturated rings. The van der Waals surface area contributed by atoms with Crippen LogP contribution < -0.4 is 0 Å². The monoisotopic (exact) mass is 346 g/mol. The summed E-state index contributed by atoms with van der Waals surface area (Å²) in [6, 6.07) is 5.75. The van der Waals surface area contributed by atoms with Crippen LogP contribution in [0.5, 0.6) is 0 Å². The Labute approximate surface area is 144 Å². The molecular weight excluding hydrogens is 327 g/mol. The van der Waals surface area contributed by atoms with Gasteiger partial charge in [0.25, 0.3) is 0 Å². The maximum Gasteiger partial charge on any atom is 0.326 e. The topological polar surface area (TPSA) is 72.6 Å². The second-order valence-corrected chi connectivity index (χ2v) is 5.94. The van der Waals surface area contributed by atoms with Crippen LogP contribution >= 0.6 is 0 Å². The fraction of sp³-hybridized carbons (Fsp3) is 0.389. The van der Waals surface area contributed by atoms with Crippen LogP contribution in [0.1, 0.15) is 31.4 Å². The van der Waals surface area contributed by atoms with Gasteiger partial charge >= 0.3 is 5.97 Å². The van der Waals surface area contributed by atoms with Crippen molar-refractivity contribution in [1.82, 2.24) is 9.88 Å². The van der Waals surface area contributed by atoms with E-state index in [4.69, 9.17) is 9.15 Å². The number of carbonyl (C=O) groups is 2. The molecule has 25 heavy (non-hydrogen) atoms. The van der Waals surface area contributed by atoms with E-state index in [-0.39, 0.29) is 24.9 Å². The molecule has 3 rings (SSSR count). The number of hydrogen-bond donors (Lipinski definition) is 0. The highest BCUT2D eigenvalue weighted by Gasteiger charge is 2.20. The van der Waals surface area contributed by atoms with Crippen LogP contribution in [0, 0.1) is 5.82 Å². The van der Waals surface area contributed by atoms with Crippen molar-refractivity contribution in [3.8, 4) is 11.5 Å². The van der Waals surface area contributed by atoms with E-state index in [2.05, 4.69) is 4.98 Å². The molecule has 1 aromatic heterocycles. The minimum absolute atomic E-state index is 0.00511. The van der Waals surface area contributed by atoms with Crippen molar-refractivity contribution in [3.63, 3.8) is 0 Å². The number of oxazole rings is 1. The Morgan fingerprint density at radius 2 is 2.04 bits per heavy atom. The first-order valence-electron chi connectivity index (χ1n) is 8.25. The van der Waals surface area contributed by atoms with E-state index in [0.29, 0.717) is 30.1 Å². The lowest BCUT2D eigenvalue weighted by molar-refractivity contribution is -0.150. The molecule has 1 aliphatic rings. The number of benzene rings is 1. The summed E-state index contributed by atoms with van der Waals surface area (Å²) in [5.41, 5.74) is 1.09. The van der Waals surface area contributed by atoms with Crippen molar-refractivity contribution in [2.24, 2.45) is 0 Å². The first kappa shape index (κ1) is 17.1. The van der Waals surface area contributed by atoms with Gasteiger partial charge in [0.2, 0.25) is 11.8 Å². The van der Waals surface area contributed by atoms with E-state index in [1.807, 2.05) is 0 Å². The maximum atomic E-state index is 12.9. The summed E-state index contributed by atoms with van der Waals surface area (Å²) in [6.07, 6.45) is 4.65. The third-order valence-corrected chi connectivity index (χ3v) is 4.02. The Morgan fingerprint density at radius 3 is 2.84 bits per heavy atom. The Balaban J connectivity index is 1.52. The molecule has 1 aliphatic heterocycles. The molecule has 132 valence electrons. The summed E-state index contributed by atoms with van der Waals surface area (Å²) in [7, 11) is 0. The molecule has 0 radical (unpaired) electrons. The van der Waals surface area contributed by atoms with Gasteiger partial charge in [-0.2, -0.15) is 0 Å². The first-order valence-corrected chi connectivity index (χ1v) is 8.25. The average Bonchev–Trinajstić information content (AvgIpc) is 2.99. The van der Waals surface area contributed by atoms with Crippen molar-refractivity contribution in [1.29, 1.82) is 0 Å². The Kier molecular flexibility index (Phi) is 5.42. The van der Waals surface area contributed by atoms with Gasteiger partial charge in [0, 0.05) is 18.5 Å². The Hall–Kier alpha value is -2.70. The van der Waals surface area contributed by atoms with Crippen molar-refractivity contribution >= 4 is 11.9 Å². The second-order valence-electron chi connectivity index (χ2n) is 5.94. The molecule has 0 saturated carbocycles. The number of likely N-dealkylation sites (tertiary alicyclic amines) is 1. The largest absolute Gasteiger partial charge is 0.458 e. The van der Waals surface area contributed by atoms with Crippen molar-refractivity contribution in [2.75, 3.05) is 13.1 Å². The minimum atomic E-state index is -0.471. The third-order valence-electron chi connectivity index (χ3n) is 4.02. The molecule has 0 bridgehead atoms. The summed E-state index contributed by atoms with van der Waals surface area (Å²) in [6.45, 7) is 0.514. The number of rotatable bonds is 5. The number of amides is 1. The third kappa shape index (κ3) is 4.65. The predicted octanol–water partition coefficient (Wildman–Crippen LogP) is 2.93. The summed E-state index contributed by atoms with van der Waals surface area (Å²) >= 11 is 0. The Morgan fingerprint density at radius 1 is 1.24 bits per heavy atom. The lowest BCUT2D eigenvalue weighted by atomic mass is 10.2. The zero-order valence-corrected chi connectivity index (χ0v) is 13.7. The quantitative estimate of drug-likeness (QED) is 0.779. The minimum Gasteiger partial charge on any atom is -0.458 e. The second kappa shape index (κ2) is 7.92. The smallest absolute Gasteiger partial charge is 0.326 e. The van der Waals surface area contributed by atoms with Gasteiger partial charge in [0.1, 0.15) is 30.9 Å². The molecule has 0 spiro atoms. The number of hydrogen-bond acceptors (Lipinski definition) is 5. The van der Waals surface area contributed by atoms with E-state index in [1.54, 1.807) is 17.0 Å². The van der Waals surface area contributed by atoms with Crippen LogP contribution in [0.2, 0.25) is 0 Å². The number of nitrogens with zero attached hydrogens (tertiary/aromatic N) is 2. The van der Waals surface area contributed by atoms with Gasteiger partial charge in [0.05, 0.1) is 0 Å². The van der Waals surface area contributed by atoms with Gasteiger partial charge in [-0.3, -0.25) is 9.59 Å². The van der Waals surface area contributed by atoms with E-state index in [9.17, 15) is 14.0 Å². The van der Waals surface area contributed by atoms with E-state index in [0.717, 1.165) is 19.3 Å². The molecule has 2 aromatic rings. The molecule has 0 unspecified atom stereocenters. The van der Waals surface area contributed by atoms with Crippen LogP contribution in [0.15, 0.2) is 34.9 Å². The average molecular weight is 346 g/mol. The lowest BCUT2D eigenvalue weighted by Gasteiger charge is -2.18. The number of halogens is 1. The van der Waals surface area contributed by atoms with Gasteiger partial charge in [-0.1, -0.05) is 6.42 Å². The molecule has 7 heteroatoms. The zero-order valence-electron chi connectivity index (χ0n) is 13.7. The lowest BCUT2D eigenvalue weighted by Crippen LogP contribution is -2.35. The predicted molar refractivity (Wildman–Crippen MR) is 86.7 cm³/mol. The summed E-state index contributed by atoms with van der Waals surface area (Å²) < 4.78 is 23.4. The van der Waals surface area contributed by atoms with E-state index in [1.165, 1.54) is 18.4 Å². The zero-order chi connectivity index (χ0) is 17.6. The molecule has 0 N–H and O–H groups in total. The summed E-state index contributed by atoms with van der Waals surface area (Å²) in [5.74, 6) is -0.489. The SMILES string of the molecule is O=C(CN1CCCCCC1=O)OCc1coc(-c2ccc(F)cc2)n1. The fourth-order valence-corrected chi connectivity index (χ4v) is 2.66. The normalized spacial score (nSPS) is 15.1. The molecule has 1 aromatic carbocycles. The van der Waals surface area contributed by atoms with Crippen LogP contribution in [-0.2, 0) is 20.9 Å². The summed E-state index contributed by atoms with van der Waals surface area (Å²) in [5, 5.41) is 0. The highest BCUT2D eigenvalue weighted by Crippen LogP contribution is 2.19. The first-order chi connectivity index (χ1) is 12.1. The molecule has 0 atom stereocenters. The highest BCUT2D eigenvalue weighted by molar-refractivity contribution is 5.82. The molecule has 1 amide bonds. The molecule has 0 aliphatic carbocycles. The maximum absolute atomic E-state index is 12.9. The summed E-state index contributed by atoms with van der Waals surface area (Å²) in [4.78, 5) is 29.6. The van der Waals surface area contributed by atoms with Crippen LogP contribution in [0.3, 0.4) is 0 Å². The van der Waals surface area contributed by atoms with Gasteiger partial charge in [-0.15, -0.1) is 0 Å². The van der Waals surface area contributed by atoms with Crippen LogP contribution in [0.4, 0.5) is 4.39 Å². The molecule has 1 saturated heterocycles. The Bertz CT molecular complexity index is 742. The van der Waals surface area contributed by atoms with Crippen LogP contribution in [-0.4, -0.2) is 34.8 Å². The van der Waals surface area contributed by atoms with Crippen molar-refractivity contribution in [2.45, 2.75) is 32.3 Å². The van der Waals surface area contributed by atoms with E-state index < -0.39 is 5.97 Å². The van der Waals surface area contributed by atoms with Gasteiger partial charge < -0.3 is 14.1 Å². The highest BCUT2D eigenvalue weighted by atomic mass is 19.1. The molecule has 6 nitrogen and oxygen atoms in total. The number of esters is 1.